The van der Waals surface area contributed by atoms with E-state index < -0.39 is 8.80 Å². The van der Waals surface area contributed by atoms with Crippen molar-refractivity contribution in [2.75, 3.05) is 27.4 Å². The molecule has 0 saturated carbocycles. The minimum absolute atomic E-state index is 0. The van der Waals surface area contributed by atoms with Gasteiger partial charge in [-0.05, 0) is 19.4 Å². The van der Waals surface area contributed by atoms with Gasteiger partial charge in [-0.25, -0.2) is 0 Å². The predicted octanol–water partition coefficient (Wildman–Crippen LogP) is 0.993. The minimum Gasteiger partial charge on any atom is -0.377 e. The standard InChI is InChI=1S/C8H21NO3Si.He/c1-4-7-12-13(10-2,11-3)8-5-6-9;/h4-9H2,1-3H3;. The fraction of sp³-hybridized carbons (Fsp3) is 1.00. The van der Waals surface area contributed by atoms with Gasteiger partial charge in [0, 0.05) is 33.0 Å². The van der Waals surface area contributed by atoms with Crippen LogP contribution >= 0.6 is 0 Å². The number of hydrogen-bond acceptors (Lipinski definition) is 4. The molecule has 6 heteroatoms. The Balaban J connectivity index is 0. The number of hydrogen-bond donors (Lipinski definition) is 1. The molecular formula is C8H21HeNO3Si. The number of rotatable bonds is 8. The maximum atomic E-state index is 5.62. The van der Waals surface area contributed by atoms with E-state index in [-0.39, 0.29) is 6.15 Å². The van der Waals surface area contributed by atoms with Gasteiger partial charge >= 0.3 is 8.80 Å². The van der Waals surface area contributed by atoms with Crippen LogP contribution in [0.25, 0.3) is 0 Å². The zero-order valence-electron chi connectivity index (χ0n) is 9.54. The van der Waals surface area contributed by atoms with Gasteiger partial charge in [0.2, 0.25) is 0 Å². The summed E-state index contributed by atoms with van der Waals surface area (Å²) in [6.07, 6.45) is 1.86. The summed E-state index contributed by atoms with van der Waals surface area (Å²) in [4.78, 5) is 0. The van der Waals surface area contributed by atoms with Crippen molar-refractivity contribution in [2.24, 2.45) is 5.73 Å². The Kier molecular flexibility index (Phi) is 11.1. The second-order valence-corrected chi connectivity index (χ2v) is 5.80. The molecule has 14 heavy (non-hydrogen) atoms. The van der Waals surface area contributed by atoms with E-state index in [1.54, 1.807) is 14.2 Å². The maximum Gasteiger partial charge on any atom is 0.500 e. The zero-order valence-corrected chi connectivity index (χ0v) is 10.5. The quantitative estimate of drug-likeness (QED) is 0.608. The van der Waals surface area contributed by atoms with Crippen LogP contribution in [0.3, 0.4) is 0 Å². The molecule has 0 unspecified atom stereocenters. The molecule has 0 aromatic carbocycles. The topological polar surface area (TPSA) is 53.7 Å². The fourth-order valence-electron chi connectivity index (χ4n) is 1.05. The second kappa shape index (κ2) is 9.52. The molecule has 0 aromatic rings. The predicted molar refractivity (Wildman–Crippen MR) is 54.5 cm³/mol. The molecule has 0 saturated heterocycles. The van der Waals surface area contributed by atoms with Crippen molar-refractivity contribution in [1.29, 1.82) is 0 Å². The van der Waals surface area contributed by atoms with Gasteiger partial charge in [0.25, 0.3) is 0 Å². The van der Waals surface area contributed by atoms with Crippen LogP contribution in [0.1, 0.15) is 19.8 Å². The summed E-state index contributed by atoms with van der Waals surface area (Å²) in [7, 11) is 0.916. The normalized spacial score (nSPS) is 11.1. The molecule has 2 N–H and O–H groups in total. The van der Waals surface area contributed by atoms with E-state index in [0.717, 1.165) is 18.9 Å². The van der Waals surface area contributed by atoms with Crippen molar-refractivity contribution in [3.63, 3.8) is 0 Å². The summed E-state index contributed by atoms with van der Waals surface area (Å²) in [5.41, 5.74) is 5.43. The summed E-state index contributed by atoms with van der Waals surface area (Å²) >= 11 is 0. The van der Waals surface area contributed by atoms with Gasteiger partial charge in [-0.3, -0.25) is 0 Å². The monoisotopic (exact) mass is 211 g/mol. The van der Waals surface area contributed by atoms with Crippen LogP contribution in [-0.2, 0) is 13.3 Å². The van der Waals surface area contributed by atoms with E-state index >= 15 is 0 Å². The van der Waals surface area contributed by atoms with E-state index in [1.165, 1.54) is 0 Å². The Morgan fingerprint density at radius 3 is 2.14 bits per heavy atom. The molecule has 0 bridgehead atoms. The average Bonchev–Trinajstić information content (AvgIpc) is 2.20. The first kappa shape index (κ1) is 16.4. The Hall–Kier alpha value is -0.0340. The van der Waals surface area contributed by atoms with Crippen molar-refractivity contribution < 1.29 is 19.4 Å². The van der Waals surface area contributed by atoms with E-state index in [9.17, 15) is 0 Å². The van der Waals surface area contributed by atoms with Crippen LogP contribution in [0.4, 0.5) is 0 Å². The second-order valence-electron chi connectivity index (χ2n) is 2.83. The van der Waals surface area contributed by atoms with Gasteiger partial charge in [-0.15, -0.1) is 0 Å². The van der Waals surface area contributed by atoms with E-state index in [1.807, 2.05) is 0 Å². The van der Waals surface area contributed by atoms with Crippen molar-refractivity contribution in [1.82, 2.24) is 0 Å². The molecule has 0 fully saturated rings. The van der Waals surface area contributed by atoms with Gasteiger partial charge in [0.05, 0.1) is 0 Å². The van der Waals surface area contributed by atoms with Crippen LogP contribution in [0, 0.1) is 6.15 Å². The third-order valence-electron chi connectivity index (χ3n) is 1.84. The number of nitrogens with two attached hydrogens (primary N) is 1. The average molecular weight is 211 g/mol. The fourth-order valence-corrected chi connectivity index (χ4v) is 3.16. The Morgan fingerprint density at radius 2 is 1.79 bits per heavy atom. The first-order valence-electron chi connectivity index (χ1n) is 4.69. The van der Waals surface area contributed by atoms with Crippen molar-refractivity contribution in [2.45, 2.75) is 25.8 Å². The van der Waals surface area contributed by atoms with Crippen LogP contribution in [-0.4, -0.2) is 36.2 Å². The van der Waals surface area contributed by atoms with E-state index in [2.05, 4.69) is 6.92 Å². The molecular weight excluding hydrogens is 190 g/mol. The molecule has 0 aliphatic carbocycles. The zero-order chi connectivity index (χ0) is 10.2. The smallest absolute Gasteiger partial charge is 0.377 e. The molecule has 4 nitrogen and oxygen atoms in total. The summed E-state index contributed by atoms with van der Waals surface area (Å²) < 4.78 is 16.3. The first-order chi connectivity index (χ1) is 6.24. The molecule has 0 atom stereocenters. The molecule has 0 spiro atoms. The minimum atomic E-state index is -2.37. The SMILES string of the molecule is CCCO[Si](CCCN)(OC)OC.[He]. The van der Waals surface area contributed by atoms with Crippen LogP contribution in [0.15, 0.2) is 0 Å². The van der Waals surface area contributed by atoms with Crippen molar-refractivity contribution in [3.05, 3.63) is 0 Å². The van der Waals surface area contributed by atoms with Gasteiger partial charge in [-0.2, -0.15) is 0 Å². The van der Waals surface area contributed by atoms with Gasteiger partial charge in [-0.1, -0.05) is 6.92 Å². The summed E-state index contributed by atoms with van der Waals surface area (Å²) in [5, 5.41) is 0. The molecule has 0 aliphatic rings. The van der Waals surface area contributed by atoms with Crippen LogP contribution < -0.4 is 5.73 Å². The van der Waals surface area contributed by atoms with Crippen LogP contribution in [0.2, 0.25) is 6.04 Å². The molecule has 0 radical (unpaired) electrons. The molecule has 0 amide bonds. The summed E-state index contributed by atoms with van der Waals surface area (Å²) in [6, 6.07) is 0.802. The molecule has 0 heterocycles. The van der Waals surface area contributed by atoms with Gasteiger partial charge < -0.3 is 19.0 Å². The van der Waals surface area contributed by atoms with E-state index in [4.69, 9.17) is 19.0 Å². The molecule has 0 rings (SSSR count). The molecule has 0 aliphatic heterocycles. The Bertz CT molecular complexity index is 115. The van der Waals surface area contributed by atoms with Crippen molar-refractivity contribution >= 4 is 8.80 Å². The van der Waals surface area contributed by atoms with Crippen LogP contribution in [0.5, 0.6) is 0 Å². The molecule has 82 valence electrons. The van der Waals surface area contributed by atoms with Gasteiger partial charge in [0.1, 0.15) is 0 Å². The summed E-state index contributed by atoms with van der Waals surface area (Å²) in [5.74, 6) is 0. The van der Waals surface area contributed by atoms with E-state index in [0.29, 0.717) is 13.2 Å². The third kappa shape index (κ3) is 5.64. The maximum absolute atomic E-state index is 5.62. The van der Waals surface area contributed by atoms with Crippen molar-refractivity contribution in [3.8, 4) is 0 Å². The summed E-state index contributed by atoms with van der Waals surface area (Å²) in [6.45, 7) is 3.41. The van der Waals surface area contributed by atoms with Gasteiger partial charge in [0.15, 0.2) is 0 Å². The Labute approximate surface area is 87.9 Å². The third-order valence-corrected chi connectivity index (χ3v) is 4.69. The molecule has 0 aromatic heterocycles. The Morgan fingerprint density at radius 1 is 1.21 bits per heavy atom. The largest absolute Gasteiger partial charge is 0.500 e. The first-order valence-corrected chi connectivity index (χ1v) is 6.62.